The SMILES string of the molecule is C=CC(=O)OC(CCCCCCCCC/C=C\CCCCCCCC)C(CCC)(OCC(C)O)C(N)=O. The molecular formula is C31H57NO5. The Kier molecular flexibility index (Phi) is 22.4. The van der Waals surface area contributed by atoms with E-state index in [1.54, 1.807) is 6.92 Å². The molecule has 0 aromatic heterocycles. The molecule has 216 valence electrons. The Hall–Kier alpha value is -1.66. The van der Waals surface area contributed by atoms with E-state index in [0.29, 0.717) is 19.3 Å². The van der Waals surface area contributed by atoms with Gasteiger partial charge in [-0.3, -0.25) is 4.79 Å². The fourth-order valence-corrected chi connectivity index (χ4v) is 4.65. The van der Waals surface area contributed by atoms with Crippen molar-refractivity contribution in [2.75, 3.05) is 6.61 Å². The number of hydrogen-bond acceptors (Lipinski definition) is 5. The van der Waals surface area contributed by atoms with Crippen molar-refractivity contribution >= 4 is 11.9 Å². The Balaban J connectivity index is 4.33. The predicted molar refractivity (Wildman–Crippen MR) is 153 cm³/mol. The van der Waals surface area contributed by atoms with Gasteiger partial charge in [0, 0.05) is 6.08 Å². The van der Waals surface area contributed by atoms with Gasteiger partial charge in [0.25, 0.3) is 5.91 Å². The van der Waals surface area contributed by atoms with Crippen LogP contribution in [-0.2, 0) is 19.1 Å². The lowest BCUT2D eigenvalue weighted by Crippen LogP contribution is -2.57. The first-order valence-electron chi connectivity index (χ1n) is 14.9. The molecule has 0 spiro atoms. The molecule has 6 nitrogen and oxygen atoms in total. The standard InChI is InChI=1S/C31H57NO5/c1-5-8-9-10-11-12-13-14-15-16-17-18-19-20-21-22-23-24-28(37-29(34)7-3)31(25-6-2,30(32)35)36-26-27(4)33/h7,14-15,27-28,33H,3,5-6,8-13,16-26H2,1-2,4H3,(H2,32,35)/b15-14-. The summed E-state index contributed by atoms with van der Waals surface area (Å²) in [5.74, 6) is -1.27. The van der Waals surface area contributed by atoms with Crippen LogP contribution in [0.25, 0.3) is 0 Å². The molecule has 0 heterocycles. The summed E-state index contributed by atoms with van der Waals surface area (Å²) in [6.07, 6.45) is 23.9. The largest absolute Gasteiger partial charge is 0.456 e. The second-order valence-corrected chi connectivity index (χ2v) is 10.4. The highest BCUT2D eigenvalue weighted by Crippen LogP contribution is 2.30. The van der Waals surface area contributed by atoms with Crippen molar-refractivity contribution in [3.05, 3.63) is 24.8 Å². The maximum Gasteiger partial charge on any atom is 0.330 e. The number of allylic oxidation sites excluding steroid dienone is 2. The molecule has 0 aliphatic rings. The number of nitrogens with two attached hydrogens (primary N) is 1. The highest BCUT2D eigenvalue weighted by atomic mass is 16.6. The summed E-state index contributed by atoms with van der Waals surface area (Å²) in [5, 5.41) is 9.70. The van der Waals surface area contributed by atoms with Crippen molar-refractivity contribution in [3.8, 4) is 0 Å². The van der Waals surface area contributed by atoms with Gasteiger partial charge in [-0.25, -0.2) is 4.79 Å². The van der Waals surface area contributed by atoms with E-state index in [1.807, 2.05) is 6.92 Å². The van der Waals surface area contributed by atoms with Gasteiger partial charge in [0.1, 0.15) is 6.10 Å². The van der Waals surface area contributed by atoms with Crippen LogP contribution in [0.3, 0.4) is 0 Å². The van der Waals surface area contributed by atoms with E-state index < -0.39 is 29.7 Å². The minimum absolute atomic E-state index is 0.0562. The summed E-state index contributed by atoms with van der Waals surface area (Å²) in [6, 6.07) is 0. The number of ether oxygens (including phenoxy) is 2. The lowest BCUT2D eigenvalue weighted by atomic mass is 9.86. The van der Waals surface area contributed by atoms with Crippen LogP contribution in [0.1, 0.15) is 136 Å². The van der Waals surface area contributed by atoms with Crippen molar-refractivity contribution in [2.24, 2.45) is 5.73 Å². The van der Waals surface area contributed by atoms with E-state index >= 15 is 0 Å². The molecule has 0 saturated heterocycles. The van der Waals surface area contributed by atoms with Gasteiger partial charge in [-0.1, -0.05) is 103 Å². The number of rotatable bonds is 26. The number of esters is 1. The third-order valence-corrected chi connectivity index (χ3v) is 6.79. The number of primary amides is 1. The molecule has 0 aliphatic heterocycles. The predicted octanol–water partition coefficient (Wildman–Crippen LogP) is 7.32. The van der Waals surface area contributed by atoms with Crippen LogP contribution in [0.5, 0.6) is 0 Å². The van der Waals surface area contributed by atoms with Crippen LogP contribution in [0, 0.1) is 0 Å². The fraction of sp³-hybridized carbons (Fsp3) is 0.806. The first kappa shape index (κ1) is 35.3. The zero-order valence-electron chi connectivity index (χ0n) is 24.2. The molecule has 1 amide bonds. The molecule has 0 saturated carbocycles. The van der Waals surface area contributed by atoms with Crippen molar-refractivity contribution in [2.45, 2.75) is 154 Å². The molecular weight excluding hydrogens is 466 g/mol. The average Bonchev–Trinajstić information content (AvgIpc) is 2.87. The summed E-state index contributed by atoms with van der Waals surface area (Å²) >= 11 is 0. The van der Waals surface area contributed by atoms with Gasteiger partial charge in [0.15, 0.2) is 5.60 Å². The van der Waals surface area contributed by atoms with Crippen LogP contribution in [-0.4, -0.2) is 41.4 Å². The summed E-state index contributed by atoms with van der Waals surface area (Å²) in [4.78, 5) is 24.5. The second-order valence-electron chi connectivity index (χ2n) is 10.4. The number of unbranched alkanes of at least 4 members (excludes halogenated alkanes) is 13. The van der Waals surface area contributed by atoms with Gasteiger partial charge in [-0.15, -0.1) is 0 Å². The Morgan fingerprint density at radius 2 is 1.38 bits per heavy atom. The van der Waals surface area contributed by atoms with Gasteiger partial charge >= 0.3 is 5.97 Å². The number of carbonyl (C=O) groups is 2. The Morgan fingerprint density at radius 3 is 1.84 bits per heavy atom. The topological polar surface area (TPSA) is 98.8 Å². The number of aliphatic hydroxyl groups excluding tert-OH is 1. The molecule has 0 aliphatic carbocycles. The van der Waals surface area contributed by atoms with Crippen LogP contribution in [0.2, 0.25) is 0 Å². The van der Waals surface area contributed by atoms with E-state index in [4.69, 9.17) is 15.2 Å². The van der Waals surface area contributed by atoms with Crippen LogP contribution >= 0.6 is 0 Å². The van der Waals surface area contributed by atoms with Crippen molar-refractivity contribution in [1.29, 1.82) is 0 Å². The van der Waals surface area contributed by atoms with Gasteiger partial charge < -0.3 is 20.3 Å². The van der Waals surface area contributed by atoms with Crippen molar-refractivity contribution < 1.29 is 24.2 Å². The molecule has 3 atom stereocenters. The molecule has 37 heavy (non-hydrogen) atoms. The summed E-state index contributed by atoms with van der Waals surface area (Å²) in [5.41, 5.74) is 4.31. The van der Waals surface area contributed by atoms with E-state index in [0.717, 1.165) is 25.3 Å². The zero-order valence-corrected chi connectivity index (χ0v) is 24.2. The van der Waals surface area contributed by atoms with E-state index in [-0.39, 0.29) is 6.61 Å². The molecule has 0 aromatic carbocycles. The molecule has 3 unspecified atom stereocenters. The Morgan fingerprint density at radius 1 is 0.865 bits per heavy atom. The fourth-order valence-electron chi connectivity index (χ4n) is 4.65. The van der Waals surface area contributed by atoms with Gasteiger partial charge in [0.2, 0.25) is 0 Å². The second kappa shape index (κ2) is 23.5. The number of hydrogen-bond donors (Lipinski definition) is 2. The number of carbonyl (C=O) groups excluding carboxylic acids is 2. The lowest BCUT2D eigenvalue weighted by Gasteiger charge is -2.37. The highest BCUT2D eigenvalue weighted by molar-refractivity contribution is 5.86. The third-order valence-electron chi connectivity index (χ3n) is 6.79. The van der Waals surface area contributed by atoms with E-state index in [2.05, 4.69) is 25.7 Å². The zero-order chi connectivity index (χ0) is 27.8. The molecule has 0 bridgehead atoms. The summed E-state index contributed by atoms with van der Waals surface area (Å²) < 4.78 is 11.4. The normalized spacial score (nSPS) is 14.8. The monoisotopic (exact) mass is 523 g/mol. The summed E-state index contributed by atoms with van der Waals surface area (Å²) in [7, 11) is 0. The lowest BCUT2D eigenvalue weighted by molar-refractivity contribution is -0.185. The quantitative estimate of drug-likeness (QED) is 0.0535. The van der Waals surface area contributed by atoms with E-state index in [1.165, 1.54) is 77.0 Å². The van der Waals surface area contributed by atoms with Gasteiger partial charge in [-0.2, -0.15) is 0 Å². The van der Waals surface area contributed by atoms with Gasteiger partial charge in [0.05, 0.1) is 12.7 Å². The average molecular weight is 524 g/mol. The molecule has 0 radical (unpaired) electrons. The van der Waals surface area contributed by atoms with Crippen LogP contribution < -0.4 is 5.73 Å². The number of aliphatic hydroxyl groups is 1. The smallest absolute Gasteiger partial charge is 0.330 e. The summed E-state index contributed by atoms with van der Waals surface area (Å²) in [6.45, 7) is 9.16. The van der Waals surface area contributed by atoms with Crippen LogP contribution in [0.4, 0.5) is 0 Å². The highest BCUT2D eigenvalue weighted by Gasteiger charge is 2.47. The molecule has 0 rings (SSSR count). The third kappa shape index (κ3) is 17.5. The minimum Gasteiger partial charge on any atom is -0.456 e. The van der Waals surface area contributed by atoms with E-state index in [9.17, 15) is 14.7 Å². The van der Waals surface area contributed by atoms with Crippen molar-refractivity contribution in [3.63, 3.8) is 0 Å². The maximum atomic E-state index is 12.5. The molecule has 6 heteroatoms. The molecule has 0 aromatic rings. The molecule has 3 N–H and O–H groups in total. The first-order valence-corrected chi connectivity index (χ1v) is 14.9. The van der Waals surface area contributed by atoms with Crippen molar-refractivity contribution in [1.82, 2.24) is 0 Å². The maximum absolute atomic E-state index is 12.5. The molecule has 0 fully saturated rings. The van der Waals surface area contributed by atoms with Gasteiger partial charge in [-0.05, 0) is 51.9 Å². The minimum atomic E-state index is -1.45. The first-order chi connectivity index (χ1) is 17.8. The Labute approximate surface area is 227 Å². The van der Waals surface area contributed by atoms with Crippen LogP contribution in [0.15, 0.2) is 24.8 Å². The number of amides is 1. The Bertz CT molecular complexity index is 619.